The molecule has 0 amide bonds. The number of nitriles is 1. The van der Waals surface area contributed by atoms with Gasteiger partial charge in [-0.1, -0.05) is 17.7 Å². The SMILES string of the molecule is CCOC(=O)C1=C(C)OC(N)=C(C#N)C1c1ccc(Br)c(Cl)c1F. The molecule has 1 atom stereocenters. The Labute approximate surface area is 151 Å². The molecular weight excluding hydrogens is 403 g/mol. The topological polar surface area (TPSA) is 85.3 Å². The summed E-state index contributed by atoms with van der Waals surface area (Å²) in [5, 5.41) is 9.26. The van der Waals surface area contributed by atoms with Gasteiger partial charge in [-0.2, -0.15) is 5.26 Å². The lowest BCUT2D eigenvalue weighted by atomic mass is 9.83. The zero-order valence-corrected chi connectivity index (χ0v) is 15.2. The molecule has 0 spiro atoms. The first kappa shape index (κ1) is 18.3. The summed E-state index contributed by atoms with van der Waals surface area (Å²) < 4.78 is 25.3. The predicted octanol–water partition coefficient (Wildman–Crippen LogP) is 3.89. The molecule has 0 fully saturated rings. The van der Waals surface area contributed by atoms with Crippen molar-refractivity contribution < 1.29 is 18.7 Å². The quantitative estimate of drug-likeness (QED) is 0.598. The van der Waals surface area contributed by atoms with E-state index >= 15 is 0 Å². The fourth-order valence-corrected chi connectivity index (χ4v) is 2.91. The maximum atomic E-state index is 14.7. The van der Waals surface area contributed by atoms with E-state index in [2.05, 4.69) is 15.9 Å². The molecule has 8 heteroatoms. The van der Waals surface area contributed by atoms with Crippen molar-refractivity contribution in [3.63, 3.8) is 0 Å². The van der Waals surface area contributed by atoms with Gasteiger partial charge in [0, 0.05) is 10.0 Å². The summed E-state index contributed by atoms with van der Waals surface area (Å²) in [6, 6.07) is 4.83. The highest BCUT2D eigenvalue weighted by Crippen LogP contribution is 2.42. The fourth-order valence-electron chi connectivity index (χ4n) is 2.43. The molecule has 1 heterocycles. The Kier molecular flexibility index (Phi) is 5.52. The van der Waals surface area contributed by atoms with E-state index in [1.54, 1.807) is 6.92 Å². The van der Waals surface area contributed by atoms with Crippen LogP contribution in [0.3, 0.4) is 0 Å². The Hall–Kier alpha value is -2.04. The third-order valence-corrected chi connectivity index (χ3v) is 4.74. The molecule has 1 aliphatic rings. The Balaban J connectivity index is 2.72. The van der Waals surface area contributed by atoms with Crippen LogP contribution in [0.15, 0.2) is 39.4 Å². The van der Waals surface area contributed by atoms with Crippen LogP contribution in [0.4, 0.5) is 4.39 Å². The lowest BCUT2D eigenvalue weighted by Crippen LogP contribution is -2.26. The van der Waals surface area contributed by atoms with E-state index < -0.39 is 17.7 Å². The van der Waals surface area contributed by atoms with Crippen molar-refractivity contribution >= 4 is 33.5 Å². The number of hydrogen-bond donors (Lipinski definition) is 1. The van der Waals surface area contributed by atoms with E-state index in [4.69, 9.17) is 26.8 Å². The lowest BCUT2D eigenvalue weighted by molar-refractivity contribution is -0.139. The average Bonchev–Trinajstić information content (AvgIpc) is 2.52. The van der Waals surface area contributed by atoms with Crippen LogP contribution >= 0.6 is 27.5 Å². The minimum Gasteiger partial charge on any atom is -0.463 e. The Morgan fingerprint density at radius 2 is 2.25 bits per heavy atom. The Morgan fingerprint density at radius 1 is 1.58 bits per heavy atom. The summed E-state index contributed by atoms with van der Waals surface area (Å²) in [5.41, 5.74) is 5.71. The number of benzene rings is 1. The molecule has 24 heavy (non-hydrogen) atoms. The van der Waals surface area contributed by atoms with E-state index in [1.165, 1.54) is 19.1 Å². The van der Waals surface area contributed by atoms with Gasteiger partial charge in [0.1, 0.15) is 23.2 Å². The number of hydrogen-bond acceptors (Lipinski definition) is 5. The smallest absolute Gasteiger partial charge is 0.338 e. The highest BCUT2D eigenvalue weighted by atomic mass is 79.9. The van der Waals surface area contributed by atoms with Gasteiger partial charge in [-0.3, -0.25) is 0 Å². The number of allylic oxidation sites excluding steroid dienone is 2. The molecule has 2 N–H and O–H groups in total. The first-order chi connectivity index (χ1) is 11.3. The molecule has 0 radical (unpaired) electrons. The van der Waals surface area contributed by atoms with Crippen molar-refractivity contribution in [1.82, 2.24) is 0 Å². The standard InChI is InChI=1S/C16H13BrClFN2O3/c1-3-23-16(22)11-7(2)24-15(21)9(6-20)12(11)8-4-5-10(17)13(18)14(8)19/h4-5,12H,3,21H2,1-2H3. The van der Waals surface area contributed by atoms with Gasteiger partial charge in [0.2, 0.25) is 5.88 Å². The van der Waals surface area contributed by atoms with Gasteiger partial charge in [0.15, 0.2) is 0 Å². The molecule has 0 bridgehead atoms. The molecule has 5 nitrogen and oxygen atoms in total. The molecule has 1 aromatic carbocycles. The maximum Gasteiger partial charge on any atom is 0.338 e. The van der Waals surface area contributed by atoms with Crippen LogP contribution in [0.5, 0.6) is 0 Å². The van der Waals surface area contributed by atoms with Crippen molar-refractivity contribution in [2.75, 3.05) is 6.61 Å². The first-order valence-corrected chi connectivity index (χ1v) is 8.09. The van der Waals surface area contributed by atoms with Gasteiger partial charge in [0.25, 0.3) is 0 Å². The van der Waals surface area contributed by atoms with Crippen molar-refractivity contribution in [3.8, 4) is 6.07 Å². The zero-order chi connectivity index (χ0) is 18.0. The summed E-state index contributed by atoms with van der Waals surface area (Å²) in [6.07, 6.45) is 0. The Morgan fingerprint density at radius 3 is 2.83 bits per heavy atom. The van der Waals surface area contributed by atoms with Crippen molar-refractivity contribution in [2.45, 2.75) is 19.8 Å². The second-order valence-electron chi connectivity index (χ2n) is 4.88. The van der Waals surface area contributed by atoms with Crippen LogP contribution in [0.1, 0.15) is 25.3 Å². The monoisotopic (exact) mass is 414 g/mol. The largest absolute Gasteiger partial charge is 0.463 e. The predicted molar refractivity (Wildman–Crippen MR) is 89.1 cm³/mol. The number of carbonyl (C=O) groups excluding carboxylic acids is 1. The van der Waals surface area contributed by atoms with Gasteiger partial charge in [0.05, 0.1) is 23.1 Å². The zero-order valence-electron chi connectivity index (χ0n) is 12.8. The number of ether oxygens (including phenoxy) is 2. The average molecular weight is 416 g/mol. The van der Waals surface area contributed by atoms with E-state index in [9.17, 15) is 14.4 Å². The molecule has 1 aromatic rings. The number of halogens is 3. The molecule has 1 unspecified atom stereocenters. The minimum atomic E-state index is -1.06. The Bertz CT molecular complexity index is 814. The van der Waals surface area contributed by atoms with Crippen LogP contribution < -0.4 is 5.73 Å². The first-order valence-electron chi connectivity index (χ1n) is 6.92. The van der Waals surface area contributed by atoms with Gasteiger partial charge in [-0.15, -0.1) is 0 Å². The maximum absolute atomic E-state index is 14.7. The summed E-state index contributed by atoms with van der Waals surface area (Å²) in [7, 11) is 0. The van der Waals surface area contributed by atoms with Gasteiger partial charge < -0.3 is 15.2 Å². The molecule has 0 aliphatic carbocycles. The summed E-state index contributed by atoms with van der Waals surface area (Å²) in [6.45, 7) is 3.25. The van der Waals surface area contributed by atoms with E-state index in [0.717, 1.165) is 0 Å². The number of rotatable bonds is 3. The third-order valence-electron chi connectivity index (χ3n) is 3.48. The second-order valence-corrected chi connectivity index (χ2v) is 6.11. The summed E-state index contributed by atoms with van der Waals surface area (Å²) >= 11 is 9.07. The van der Waals surface area contributed by atoms with Gasteiger partial charge in [-0.25, -0.2) is 9.18 Å². The lowest BCUT2D eigenvalue weighted by Gasteiger charge is -2.27. The highest BCUT2D eigenvalue weighted by Gasteiger charge is 2.38. The summed E-state index contributed by atoms with van der Waals surface area (Å²) in [4.78, 5) is 12.3. The van der Waals surface area contributed by atoms with Crippen LogP contribution in [0.2, 0.25) is 5.02 Å². The molecule has 2 rings (SSSR count). The fraction of sp³-hybridized carbons (Fsp3) is 0.250. The van der Waals surface area contributed by atoms with E-state index in [0.29, 0.717) is 4.47 Å². The van der Waals surface area contributed by atoms with Gasteiger partial charge in [-0.05, 0) is 35.8 Å². The van der Waals surface area contributed by atoms with Crippen LogP contribution in [-0.4, -0.2) is 12.6 Å². The van der Waals surface area contributed by atoms with E-state index in [-0.39, 0.29) is 40.0 Å². The molecule has 0 saturated heterocycles. The van der Waals surface area contributed by atoms with Crippen molar-refractivity contribution in [2.24, 2.45) is 5.73 Å². The molecule has 126 valence electrons. The summed E-state index contributed by atoms with van der Waals surface area (Å²) in [5.74, 6) is -2.57. The minimum absolute atomic E-state index is 0.0138. The highest BCUT2D eigenvalue weighted by molar-refractivity contribution is 9.10. The number of nitrogens with two attached hydrogens (primary N) is 1. The van der Waals surface area contributed by atoms with Crippen LogP contribution in [0, 0.1) is 17.1 Å². The van der Waals surface area contributed by atoms with Crippen LogP contribution in [-0.2, 0) is 14.3 Å². The molecule has 0 saturated carbocycles. The van der Waals surface area contributed by atoms with E-state index in [1.807, 2.05) is 6.07 Å². The molecular formula is C16H13BrClFN2O3. The van der Waals surface area contributed by atoms with Crippen LogP contribution in [0.25, 0.3) is 0 Å². The van der Waals surface area contributed by atoms with Gasteiger partial charge >= 0.3 is 5.97 Å². The number of carbonyl (C=O) groups is 1. The molecule has 1 aliphatic heterocycles. The normalized spacial score (nSPS) is 17.4. The number of esters is 1. The van der Waals surface area contributed by atoms with Crippen molar-refractivity contribution in [1.29, 1.82) is 5.26 Å². The van der Waals surface area contributed by atoms with Crippen molar-refractivity contribution in [3.05, 3.63) is 55.8 Å². The second kappa shape index (κ2) is 7.24. The molecule has 0 aromatic heterocycles. The number of nitrogens with zero attached hydrogens (tertiary/aromatic N) is 1. The third kappa shape index (κ3) is 3.12.